The van der Waals surface area contributed by atoms with E-state index in [4.69, 9.17) is 4.74 Å². The summed E-state index contributed by atoms with van der Waals surface area (Å²) in [6.45, 7) is 8.12. The molecule has 19 heavy (non-hydrogen) atoms. The molecular formula is C15H19N3O. The zero-order chi connectivity index (χ0) is 14.0. The number of nitrogens with zero attached hydrogens (tertiary/aromatic N) is 2. The van der Waals surface area contributed by atoms with Crippen LogP contribution in [0.5, 0.6) is 11.6 Å². The Morgan fingerprint density at radius 3 is 2.32 bits per heavy atom. The maximum Gasteiger partial charge on any atom is 0.227 e. The van der Waals surface area contributed by atoms with Crippen LogP contribution < -0.4 is 10.1 Å². The maximum absolute atomic E-state index is 6.00. The second-order valence-electron chi connectivity index (χ2n) is 4.66. The third kappa shape index (κ3) is 2.52. The van der Waals surface area contributed by atoms with Crippen LogP contribution in [0.1, 0.15) is 22.3 Å². The van der Waals surface area contributed by atoms with Gasteiger partial charge in [-0.2, -0.15) is 0 Å². The lowest BCUT2D eigenvalue weighted by Crippen LogP contribution is -2.01. The number of rotatable bonds is 3. The molecule has 1 heterocycles. The Kier molecular flexibility index (Phi) is 3.69. The number of ether oxygens (including phenoxy) is 1. The highest BCUT2D eigenvalue weighted by molar-refractivity contribution is 5.51. The van der Waals surface area contributed by atoms with Gasteiger partial charge in [0.05, 0.1) is 5.56 Å². The molecular weight excluding hydrogens is 238 g/mol. The lowest BCUT2D eigenvalue weighted by atomic mass is 10.1. The number of aromatic nitrogens is 2. The van der Waals surface area contributed by atoms with Gasteiger partial charge in [-0.15, -0.1) is 0 Å². The number of benzene rings is 1. The lowest BCUT2D eigenvalue weighted by Gasteiger charge is -2.15. The van der Waals surface area contributed by atoms with Gasteiger partial charge in [0.25, 0.3) is 0 Å². The molecule has 0 saturated heterocycles. The summed E-state index contributed by atoms with van der Waals surface area (Å²) < 4.78 is 6.00. The van der Waals surface area contributed by atoms with Gasteiger partial charge < -0.3 is 10.1 Å². The summed E-state index contributed by atoms with van der Waals surface area (Å²) in [5, 5.41) is 3.03. The van der Waals surface area contributed by atoms with Crippen LogP contribution in [0.3, 0.4) is 0 Å². The minimum atomic E-state index is 0.594. The van der Waals surface area contributed by atoms with E-state index < -0.39 is 0 Å². The number of aryl methyl sites for hydroxylation is 2. The molecule has 100 valence electrons. The zero-order valence-electron chi connectivity index (χ0n) is 12.0. The summed E-state index contributed by atoms with van der Waals surface area (Å²) in [6, 6.07) is 4.16. The Labute approximate surface area is 113 Å². The first-order valence-corrected chi connectivity index (χ1v) is 6.28. The molecule has 0 atom stereocenters. The van der Waals surface area contributed by atoms with Crippen molar-refractivity contribution in [3.63, 3.8) is 0 Å². The van der Waals surface area contributed by atoms with E-state index in [-0.39, 0.29) is 0 Å². The molecule has 4 heteroatoms. The molecule has 0 saturated carbocycles. The van der Waals surface area contributed by atoms with Gasteiger partial charge in [-0.25, -0.2) is 9.97 Å². The molecule has 1 aromatic carbocycles. The predicted molar refractivity (Wildman–Crippen MR) is 77.0 cm³/mol. The summed E-state index contributed by atoms with van der Waals surface area (Å²) in [5.74, 6) is 2.26. The fourth-order valence-corrected chi connectivity index (χ4v) is 1.97. The predicted octanol–water partition coefficient (Wildman–Crippen LogP) is 3.54. The summed E-state index contributed by atoms with van der Waals surface area (Å²) in [6.07, 6.45) is 1.51. The summed E-state index contributed by atoms with van der Waals surface area (Å²) >= 11 is 0. The monoisotopic (exact) mass is 257 g/mol. The van der Waals surface area contributed by atoms with Crippen molar-refractivity contribution in [1.82, 2.24) is 9.97 Å². The Balaban J connectivity index is 2.45. The largest absolute Gasteiger partial charge is 0.438 e. The van der Waals surface area contributed by atoms with Crippen molar-refractivity contribution in [2.75, 3.05) is 12.4 Å². The third-order valence-corrected chi connectivity index (χ3v) is 3.35. The normalized spacial score (nSPS) is 10.4. The number of hydrogen-bond donors (Lipinski definition) is 1. The molecule has 0 bridgehead atoms. The second kappa shape index (κ2) is 5.26. The van der Waals surface area contributed by atoms with Crippen molar-refractivity contribution in [2.45, 2.75) is 27.7 Å². The van der Waals surface area contributed by atoms with Crippen molar-refractivity contribution >= 4 is 5.82 Å². The van der Waals surface area contributed by atoms with Crippen LogP contribution in [0.15, 0.2) is 18.5 Å². The van der Waals surface area contributed by atoms with E-state index in [2.05, 4.69) is 41.3 Å². The molecule has 0 aliphatic heterocycles. The van der Waals surface area contributed by atoms with E-state index in [1.807, 2.05) is 20.9 Å². The first kappa shape index (κ1) is 13.3. The van der Waals surface area contributed by atoms with E-state index in [1.165, 1.54) is 11.9 Å². The number of hydrogen-bond acceptors (Lipinski definition) is 4. The minimum Gasteiger partial charge on any atom is -0.438 e. The fraction of sp³-hybridized carbons (Fsp3) is 0.333. The number of anilines is 1. The Morgan fingerprint density at radius 1 is 0.947 bits per heavy atom. The van der Waals surface area contributed by atoms with Crippen LogP contribution >= 0.6 is 0 Å². The molecule has 4 nitrogen and oxygen atoms in total. The van der Waals surface area contributed by atoms with Gasteiger partial charge in [0.1, 0.15) is 17.9 Å². The van der Waals surface area contributed by atoms with Gasteiger partial charge in [-0.05, 0) is 44.4 Å². The highest BCUT2D eigenvalue weighted by Gasteiger charge is 2.12. The molecule has 0 spiro atoms. The van der Waals surface area contributed by atoms with Gasteiger partial charge in [-0.3, -0.25) is 0 Å². The molecule has 0 radical (unpaired) electrons. The molecule has 0 fully saturated rings. The third-order valence-electron chi connectivity index (χ3n) is 3.35. The van der Waals surface area contributed by atoms with Crippen molar-refractivity contribution in [3.8, 4) is 11.6 Å². The molecule has 1 aromatic heterocycles. The van der Waals surface area contributed by atoms with Crippen LogP contribution in [-0.4, -0.2) is 17.0 Å². The quantitative estimate of drug-likeness (QED) is 0.913. The van der Waals surface area contributed by atoms with E-state index in [0.29, 0.717) is 5.88 Å². The average molecular weight is 257 g/mol. The first-order chi connectivity index (χ1) is 9.04. The van der Waals surface area contributed by atoms with Crippen LogP contribution in [0.2, 0.25) is 0 Å². The molecule has 2 rings (SSSR count). The summed E-state index contributed by atoms with van der Waals surface area (Å²) in [5.41, 5.74) is 4.36. The highest BCUT2D eigenvalue weighted by Crippen LogP contribution is 2.32. The Bertz CT molecular complexity index is 609. The van der Waals surface area contributed by atoms with Gasteiger partial charge in [-0.1, -0.05) is 12.1 Å². The zero-order valence-corrected chi connectivity index (χ0v) is 12.0. The summed E-state index contributed by atoms with van der Waals surface area (Å²) in [4.78, 5) is 8.38. The van der Waals surface area contributed by atoms with Gasteiger partial charge in [0.15, 0.2) is 0 Å². The average Bonchev–Trinajstić information content (AvgIpc) is 2.41. The summed E-state index contributed by atoms with van der Waals surface area (Å²) in [7, 11) is 1.84. The fourth-order valence-electron chi connectivity index (χ4n) is 1.97. The highest BCUT2D eigenvalue weighted by atomic mass is 16.5. The van der Waals surface area contributed by atoms with E-state index >= 15 is 0 Å². The van der Waals surface area contributed by atoms with Crippen LogP contribution in [0.4, 0.5) is 5.82 Å². The van der Waals surface area contributed by atoms with Crippen LogP contribution in [0, 0.1) is 27.7 Å². The maximum atomic E-state index is 6.00. The van der Waals surface area contributed by atoms with Crippen molar-refractivity contribution in [1.29, 1.82) is 0 Å². The van der Waals surface area contributed by atoms with E-state index in [1.54, 1.807) is 0 Å². The standard InChI is InChI=1S/C15H19N3O/c1-9-6-7-10(2)13(11(9)3)19-15-12(4)14(16-5)17-8-18-15/h6-8H,1-5H3,(H,16,17,18). The first-order valence-electron chi connectivity index (χ1n) is 6.28. The molecule has 2 aromatic rings. The molecule has 0 aliphatic carbocycles. The number of nitrogens with one attached hydrogen (secondary N) is 1. The smallest absolute Gasteiger partial charge is 0.227 e. The van der Waals surface area contributed by atoms with Gasteiger partial charge in [0, 0.05) is 7.05 Å². The van der Waals surface area contributed by atoms with Crippen molar-refractivity contribution in [2.24, 2.45) is 0 Å². The van der Waals surface area contributed by atoms with Gasteiger partial charge >= 0.3 is 0 Å². The van der Waals surface area contributed by atoms with Gasteiger partial charge in [0.2, 0.25) is 5.88 Å². The van der Waals surface area contributed by atoms with Crippen molar-refractivity contribution < 1.29 is 4.74 Å². The Hall–Kier alpha value is -2.10. The SMILES string of the molecule is CNc1ncnc(Oc2c(C)ccc(C)c2C)c1C. The van der Waals surface area contributed by atoms with Crippen LogP contribution in [-0.2, 0) is 0 Å². The lowest BCUT2D eigenvalue weighted by molar-refractivity contribution is 0.450. The molecule has 1 N–H and O–H groups in total. The topological polar surface area (TPSA) is 47.0 Å². The molecule has 0 amide bonds. The molecule has 0 aliphatic rings. The minimum absolute atomic E-state index is 0.594. The van der Waals surface area contributed by atoms with Crippen molar-refractivity contribution in [3.05, 3.63) is 40.7 Å². The van der Waals surface area contributed by atoms with E-state index in [0.717, 1.165) is 28.3 Å². The molecule has 0 unspecified atom stereocenters. The van der Waals surface area contributed by atoms with E-state index in [9.17, 15) is 0 Å². The van der Waals surface area contributed by atoms with Crippen LogP contribution in [0.25, 0.3) is 0 Å². The second-order valence-corrected chi connectivity index (χ2v) is 4.66. The Morgan fingerprint density at radius 2 is 1.63 bits per heavy atom.